The first kappa shape index (κ1) is 15.8. The van der Waals surface area contributed by atoms with Crippen molar-refractivity contribution in [3.8, 4) is 5.75 Å². The first-order valence-corrected chi connectivity index (χ1v) is 10.2. The third kappa shape index (κ3) is 3.63. The molecule has 1 fully saturated rings. The van der Waals surface area contributed by atoms with Crippen LogP contribution in [0.4, 0.5) is 0 Å². The van der Waals surface area contributed by atoms with E-state index in [4.69, 9.17) is 4.74 Å². The Hall–Kier alpha value is -1.07. The Balaban J connectivity index is 1.55. The van der Waals surface area contributed by atoms with Gasteiger partial charge >= 0.3 is 0 Å². The molecule has 4 nitrogen and oxygen atoms in total. The van der Waals surface area contributed by atoms with Crippen molar-refractivity contribution in [2.75, 3.05) is 19.4 Å². The number of sulfone groups is 1. The molecule has 1 aromatic rings. The Bertz CT molecular complexity index is 627. The summed E-state index contributed by atoms with van der Waals surface area (Å²) in [5.74, 6) is 1.01. The third-order valence-corrected chi connectivity index (χ3v) is 6.49. The molecule has 2 atom stereocenters. The van der Waals surface area contributed by atoms with Gasteiger partial charge in [0.1, 0.15) is 5.75 Å². The molecule has 122 valence electrons. The summed E-state index contributed by atoms with van der Waals surface area (Å²) in [6.07, 6.45) is 7.22. The van der Waals surface area contributed by atoms with Gasteiger partial charge in [0.25, 0.3) is 0 Å². The van der Waals surface area contributed by atoms with Crippen LogP contribution in [-0.2, 0) is 22.7 Å². The molecule has 1 aromatic carbocycles. The van der Waals surface area contributed by atoms with E-state index in [1.165, 1.54) is 17.4 Å². The summed E-state index contributed by atoms with van der Waals surface area (Å²) in [6.45, 7) is 1.62. The quantitative estimate of drug-likeness (QED) is 0.902. The summed E-state index contributed by atoms with van der Waals surface area (Å²) in [5.41, 5.74) is 2.59. The zero-order chi connectivity index (χ0) is 15.6. The van der Waals surface area contributed by atoms with Crippen molar-refractivity contribution in [1.82, 2.24) is 5.32 Å². The largest absolute Gasteiger partial charge is 0.493 e. The highest BCUT2D eigenvalue weighted by molar-refractivity contribution is 7.91. The van der Waals surface area contributed by atoms with Crippen LogP contribution in [0, 0.1) is 0 Å². The maximum Gasteiger partial charge on any atom is 0.151 e. The van der Waals surface area contributed by atoms with Gasteiger partial charge in [-0.3, -0.25) is 0 Å². The molecule has 1 N–H and O–H groups in total. The first-order chi connectivity index (χ1) is 10.5. The molecule has 0 radical (unpaired) electrons. The van der Waals surface area contributed by atoms with Crippen molar-refractivity contribution < 1.29 is 13.2 Å². The molecule has 1 heterocycles. The molecule has 22 heavy (non-hydrogen) atoms. The van der Waals surface area contributed by atoms with E-state index in [0.29, 0.717) is 0 Å². The minimum absolute atomic E-state index is 0.113. The maximum absolute atomic E-state index is 11.9. The molecule has 1 saturated carbocycles. The van der Waals surface area contributed by atoms with Gasteiger partial charge in [-0.2, -0.15) is 0 Å². The Labute approximate surface area is 133 Å². The van der Waals surface area contributed by atoms with E-state index in [9.17, 15) is 8.42 Å². The van der Waals surface area contributed by atoms with Gasteiger partial charge in [-0.1, -0.05) is 25.0 Å². The van der Waals surface area contributed by atoms with Crippen molar-refractivity contribution in [2.45, 2.75) is 49.8 Å². The highest BCUT2D eigenvalue weighted by Crippen LogP contribution is 2.26. The summed E-state index contributed by atoms with van der Waals surface area (Å²) in [4.78, 5) is 0. The van der Waals surface area contributed by atoms with Crippen molar-refractivity contribution in [3.05, 3.63) is 29.3 Å². The smallest absolute Gasteiger partial charge is 0.151 e. The van der Waals surface area contributed by atoms with Crippen LogP contribution >= 0.6 is 0 Å². The molecule has 0 amide bonds. The van der Waals surface area contributed by atoms with E-state index in [0.717, 1.165) is 57.4 Å². The lowest BCUT2D eigenvalue weighted by molar-refractivity contribution is 0.356. The summed E-state index contributed by atoms with van der Waals surface area (Å²) in [7, 11) is -2.96. The molecule has 0 unspecified atom stereocenters. The fraction of sp³-hybridized carbons (Fsp3) is 0.647. The first-order valence-electron chi connectivity index (χ1n) is 8.21. The minimum Gasteiger partial charge on any atom is -0.493 e. The predicted molar refractivity (Wildman–Crippen MR) is 88.2 cm³/mol. The molecule has 3 rings (SSSR count). The second kappa shape index (κ2) is 6.59. The van der Waals surface area contributed by atoms with E-state index in [1.807, 2.05) is 0 Å². The fourth-order valence-corrected chi connectivity index (χ4v) is 5.06. The zero-order valence-electron chi connectivity index (χ0n) is 13.2. The Morgan fingerprint density at radius 2 is 2.09 bits per heavy atom. The van der Waals surface area contributed by atoms with E-state index < -0.39 is 9.84 Å². The molecule has 1 aliphatic carbocycles. The van der Waals surface area contributed by atoms with Crippen LogP contribution in [0.3, 0.4) is 0 Å². The van der Waals surface area contributed by atoms with Crippen molar-refractivity contribution in [3.63, 3.8) is 0 Å². The zero-order valence-corrected chi connectivity index (χ0v) is 14.0. The molecule has 2 aliphatic rings. The molecular formula is C17H25NO3S. The van der Waals surface area contributed by atoms with Gasteiger partial charge in [-0.25, -0.2) is 8.42 Å². The van der Waals surface area contributed by atoms with Gasteiger partial charge in [0.15, 0.2) is 9.84 Å². The number of nitrogens with one attached hydrogen (secondary N) is 1. The van der Waals surface area contributed by atoms with Gasteiger partial charge in [0.2, 0.25) is 0 Å². The Kier molecular flexibility index (Phi) is 4.73. The monoisotopic (exact) mass is 323 g/mol. The highest BCUT2D eigenvalue weighted by Gasteiger charge is 2.32. The maximum atomic E-state index is 11.9. The number of fused-ring (bicyclic) bond motifs is 1. The fourth-order valence-electron chi connectivity index (χ4n) is 3.64. The predicted octanol–water partition coefficient (Wildman–Crippen LogP) is 2.11. The minimum atomic E-state index is -2.96. The lowest BCUT2D eigenvalue weighted by Crippen LogP contribution is -2.46. The van der Waals surface area contributed by atoms with Gasteiger partial charge in [-0.05, 0) is 43.0 Å². The average Bonchev–Trinajstić information content (AvgIpc) is 2.94. The SMILES string of the molecule is CS(=O)(=O)[C@H]1CCCC[C@H]1NCCc1ccc2c(c1)CCO2. The second-order valence-corrected chi connectivity index (χ2v) is 8.77. The number of benzene rings is 1. The summed E-state index contributed by atoms with van der Waals surface area (Å²) < 4.78 is 29.3. The van der Waals surface area contributed by atoms with E-state index in [-0.39, 0.29) is 11.3 Å². The van der Waals surface area contributed by atoms with E-state index in [2.05, 4.69) is 23.5 Å². The lowest BCUT2D eigenvalue weighted by Gasteiger charge is -2.31. The van der Waals surface area contributed by atoms with Crippen LogP contribution in [-0.4, -0.2) is 39.1 Å². The van der Waals surface area contributed by atoms with Crippen LogP contribution in [0.15, 0.2) is 18.2 Å². The summed E-state index contributed by atoms with van der Waals surface area (Å²) in [6, 6.07) is 6.50. The van der Waals surface area contributed by atoms with Crippen LogP contribution in [0.5, 0.6) is 5.75 Å². The van der Waals surface area contributed by atoms with Crippen molar-refractivity contribution in [2.24, 2.45) is 0 Å². The highest BCUT2D eigenvalue weighted by atomic mass is 32.2. The Morgan fingerprint density at radius 3 is 2.91 bits per heavy atom. The van der Waals surface area contributed by atoms with Crippen LogP contribution in [0.1, 0.15) is 36.8 Å². The standard InChI is InChI=1S/C17H25NO3S/c1-22(19,20)17-5-3-2-4-15(17)18-10-8-13-6-7-16-14(12-13)9-11-21-16/h6-7,12,15,17-18H,2-5,8-11H2,1H3/t15-,17+/m1/s1. The lowest BCUT2D eigenvalue weighted by atomic mass is 9.94. The number of ether oxygens (including phenoxy) is 1. The van der Waals surface area contributed by atoms with Crippen molar-refractivity contribution in [1.29, 1.82) is 0 Å². The van der Waals surface area contributed by atoms with Gasteiger partial charge in [0, 0.05) is 18.7 Å². The van der Waals surface area contributed by atoms with Gasteiger partial charge in [-0.15, -0.1) is 0 Å². The summed E-state index contributed by atoms with van der Waals surface area (Å²) >= 11 is 0. The van der Waals surface area contributed by atoms with E-state index >= 15 is 0 Å². The van der Waals surface area contributed by atoms with Gasteiger partial charge < -0.3 is 10.1 Å². The topological polar surface area (TPSA) is 55.4 Å². The molecule has 0 spiro atoms. The van der Waals surface area contributed by atoms with Crippen molar-refractivity contribution >= 4 is 9.84 Å². The van der Waals surface area contributed by atoms with Crippen LogP contribution < -0.4 is 10.1 Å². The third-order valence-electron chi connectivity index (χ3n) is 4.83. The molecule has 1 aliphatic heterocycles. The van der Waals surface area contributed by atoms with E-state index in [1.54, 1.807) is 0 Å². The molecule has 0 saturated heterocycles. The van der Waals surface area contributed by atoms with Crippen LogP contribution in [0.2, 0.25) is 0 Å². The summed E-state index contributed by atoms with van der Waals surface area (Å²) in [5, 5.41) is 3.27. The number of hydrogen-bond acceptors (Lipinski definition) is 4. The molecule has 5 heteroatoms. The number of rotatable bonds is 5. The molecular weight excluding hydrogens is 298 g/mol. The Morgan fingerprint density at radius 1 is 1.27 bits per heavy atom. The van der Waals surface area contributed by atoms with Crippen LogP contribution in [0.25, 0.3) is 0 Å². The second-order valence-electron chi connectivity index (χ2n) is 6.50. The molecule has 0 aromatic heterocycles. The van der Waals surface area contributed by atoms with Gasteiger partial charge in [0.05, 0.1) is 11.9 Å². The normalized spacial score (nSPS) is 24.8. The molecule has 0 bridgehead atoms. The average molecular weight is 323 g/mol. The number of hydrogen-bond donors (Lipinski definition) is 1.